The lowest BCUT2D eigenvalue weighted by Gasteiger charge is -2.27. The van der Waals surface area contributed by atoms with Crippen LogP contribution in [0, 0.1) is 0 Å². The molecule has 1 aliphatic rings. The zero-order valence-electron chi connectivity index (χ0n) is 10.7. The summed E-state index contributed by atoms with van der Waals surface area (Å²) in [4.78, 5) is 6.58. The van der Waals surface area contributed by atoms with Gasteiger partial charge in [-0.05, 0) is 30.4 Å². The smallest absolute Gasteiger partial charge is 0.191 e. The van der Waals surface area contributed by atoms with Gasteiger partial charge in [0, 0.05) is 13.1 Å². The molecule has 1 aromatic carbocycles. The lowest BCUT2D eigenvalue weighted by atomic mass is 10.1. The predicted octanol–water partition coefficient (Wildman–Crippen LogP) is 1.48. The van der Waals surface area contributed by atoms with E-state index in [1.807, 2.05) is 24.3 Å². The maximum absolute atomic E-state index is 9.24. The van der Waals surface area contributed by atoms with Gasteiger partial charge >= 0.3 is 0 Å². The molecule has 3 N–H and O–H groups in total. The highest BCUT2D eigenvalue weighted by Gasteiger charge is 2.11. The summed E-state index contributed by atoms with van der Waals surface area (Å²) in [5, 5.41) is 9.24. The van der Waals surface area contributed by atoms with Crippen LogP contribution in [0.15, 0.2) is 29.3 Å². The van der Waals surface area contributed by atoms with Gasteiger partial charge in [-0.15, -0.1) is 0 Å². The van der Waals surface area contributed by atoms with E-state index < -0.39 is 0 Å². The van der Waals surface area contributed by atoms with Crippen molar-refractivity contribution in [2.75, 3.05) is 13.1 Å². The molecule has 0 aromatic heterocycles. The Morgan fingerprint density at radius 3 is 2.50 bits per heavy atom. The highest BCUT2D eigenvalue weighted by Crippen LogP contribution is 2.11. The number of aliphatic imine (C=N–C) groups is 1. The summed E-state index contributed by atoms with van der Waals surface area (Å²) in [6.45, 7) is 2.61. The maximum Gasteiger partial charge on any atom is 0.191 e. The summed E-state index contributed by atoms with van der Waals surface area (Å²) in [5.74, 6) is 0.627. The first kappa shape index (κ1) is 12.9. The highest BCUT2D eigenvalue weighted by molar-refractivity contribution is 5.78. The lowest BCUT2D eigenvalue weighted by molar-refractivity contribution is 0.280. The van der Waals surface area contributed by atoms with Crippen LogP contribution in [0.5, 0.6) is 0 Å². The van der Waals surface area contributed by atoms with Crippen LogP contribution in [0.3, 0.4) is 0 Å². The second-order valence-corrected chi connectivity index (χ2v) is 4.65. The molecule has 1 aromatic rings. The number of benzene rings is 1. The summed E-state index contributed by atoms with van der Waals surface area (Å²) in [6, 6.07) is 7.79. The number of likely N-dealkylation sites (tertiary alicyclic amines) is 1. The Hall–Kier alpha value is -1.55. The molecule has 1 aliphatic heterocycles. The molecule has 0 unspecified atom stereocenters. The number of piperidine rings is 1. The molecule has 0 atom stereocenters. The van der Waals surface area contributed by atoms with Crippen molar-refractivity contribution in [2.45, 2.75) is 32.4 Å². The molecule has 1 fully saturated rings. The van der Waals surface area contributed by atoms with Gasteiger partial charge in [-0.1, -0.05) is 24.3 Å². The van der Waals surface area contributed by atoms with Crippen molar-refractivity contribution in [2.24, 2.45) is 10.7 Å². The summed E-state index contributed by atoms with van der Waals surface area (Å²) >= 11 is 0. The van der Waals surface area contributed by atoms with Crippen molar-refractivity contribution in [1.29, 1.82) is 0 Å². The zero-order valence-corrected chi connectivity index (χ0v) is 10.7. The number of nitrogens with two attached hydrogens (primary N) is 1. The van der Waals surface area contributed by atoms with Crippen LogP contribution in [-0.2, 0) is 13.2 Å². The molecular weight excluding hydrogens is 226 g/mol. The van der Waals surface area contributed by atoms with E-state index in [1.165, 1.54) is 19.3 Å². The molecule has 0 saturated carbocycles. The van der Waals surface area contributed by atoms with Crippen molar-refractivity contribution in [3.8, 4) is 0 Å². The molecule has 4 nitrogen and oxygen atoms in total. The normalized spacial score (nSPS) is 16.9. The van der Waals surface area contributed by atoms with Gasteiger partial charge in [-0.2, -0.15) is 0 Å². The summed E-state index contributed by atoms with van der Waals surface area (Å²) in [6.07, 6.45) is 3.68. The van der Waals surface area contributed by atoms with E-state index in [9.17, 15) is 5.11 Å². The minimum Gasteiger partial charge on any atom is -0.392 e. The number of hydrogen-bond donors (Lipinski definition) is 2. The van der Waals surface area contributed by atoms with Gasteiger partial charge in [0.1, 0.15) is 0 Å². The quantitative estimate of drug-likeness (QED) is 0.628. The first-order valence-electron chi connectivity index (χ1n) is 6.54. The average molecular weight is 247 g/mol. The van der Waals surface area contributed by atoms with E-state index in [-0.39, 0.29) is 6.61 Å². The Labute approximate surface area is 108 Å². The third-order valence-corrected chi connectivity index (χ3v) is 3.38. The summed E-state index contributed by atoms with van der Waals surface area (Å²) < 4.78 is 0. The Morgan fingerprint density at radius 2 is 1.83 bits per heavy atom. The molecule has 0 aliphatic carbocycles. The average Bonchev–Trinajstić information content (AvgIpc) is 2.46. The standard InChI is InChI=1S/C14H21N3O/c15-14(17-8-4-1-5-9-17)16-10-12-6-2-3-7-13(12)11-18/h2-3,6-7,18H,1,4-5,8-11H2,(H2,15,16). The van der Waals surface area contributed by atoms with Gasteiger partial charge < -0.3 is 15.7 Å². The molecule has 98 valence electrons. The minimum absolute atomic E-state index is 0.0509. The van der Waals surface area contributed by atoms with Gasteiger partial charge in [-0.25, -0.2) is 4.99 Å². The molecule has 0 amide bonds. The second kappa shape index (κ2) is 6.40. The van der Waals surface area contributed by atoms with E-state index in [1.54, 1.807) is 0 Å². The predicted molar refractivity (Wildman–Crippen MR) is 73.1 cm³/mol. The number of aliphatic hydroxyl groups excluding tert-OH is 1. The number of guanidine groups is 1. The molecule has 18 heavy (non-hydrogen) atoms. The molecule has 1 saturated heterocycles. The maximum atomic E-state index is 9.24. The molecule has 0 radical (unpaired) electrons. The van der Waals surface area contributed by atoms with Gasteiger partial charge in [-0.3, -0.25) is 0 Å². The summed E-state index contributed by atoms with van der Waals surface area (Å²) in [7, 11) is 0. The minimum atomic E-state index is 0.0509. The van der Waals surface area contributed by atoms with Crippen LogP contribution in [0.1, 0.15) is 30.4 Å². The SMILES string of the molecule is NC(=NCc1ccccc1CO)N1CCCCC1. The molecule has 2 rings (SSSR count). The van der Waals surface area contributed by atoms with Crippen LogP contribution in [0.4, 0.5) is 0 Å². The van der Waals surface area contributed by atoms with E-state index >= 15 is 0 Å². The van der Waals surface area contributed by atoms with Crippen LogP contribution in [0.25, 0.3) is 0 Å². The number of hydrogen-bond acceptors (Lipinski definition) is 2. The van der Waals surface area contributed by atoms with Crippen molar-refractivity contribution < 1.29 is 5.11 Å². The number of nitrogens with zero attached hydrogens (tertiary/aromatic N) is 2. The van der Waals surface area contributed by atoms with E-state index in [2.05, 4.69) is 9.89 Å². The van der Waals surface area contributed by atoms with E-state index in [4.69, 9.17) is 5.73 Å². The second-order valence-electron chi connectivity index (χ2n) is 4.65. The first-order valence-corrected chi connectivity index (χ1v) is 6.54. The van der Waals surface area contributed by atoms with E-state index in [0.717, 1.165) is 24.2 Å². The fourth-order valence-corrected chi connectivity index (χ4v) is 2.26. The molecular formula is C14H21N3O. The fourth-order valence-electron chi connectivity index (χ4n) is 2.26. The monoisotopic (exact) mass is 247 g/mol. The molecule has 0 spiro atoms. The number of aliphatic hydroxyl groups is 1. The molecule has 4 heteroatoms. The Bertz CT molecular complexity index is 411. The summed E-state index contributed by atoms with van der Waals surface area (Å²) in [5.41, 5.74) is 7.97. The Kier molecular flexibility index (Phi) is 4.59. The largest absolute Gasteiger partial charge is 0.392 e. The van der Waals surface area contributed by atoms with Crippen LogP contribution >= 0.6 is 0 Å². The van der Waals surface area contributed by atoms with Crippen molar-refractivity contribution in [1.82, 2.24) is 4.90 Å². The van der Waals surface area contributed by atoms with Gasteiger partial charge in [0.25, 0.3) is 0 Å². The first-order chi connectivity index (χ1) is 8.81. The topological polar surface area (TPSA) is 61.9 Å². The third-order valence-electron chi connectivity index (χ3n) is 3.38. The van der Waals surface area contributed by atoms with Gasteiger partial charge in [0.05, 0.1) is 13.2 Å². The van der Waals surface area contributed by atoms with Crippen LogP contribution in [-0.4, -0.2) is 29.1 Å². The zero-order chi connectivity index (χ0) is 12.8. The highest BCUT2D eigenvalue weighted by atomic mass is 16.3. The Morgan fingerprint density at radius 1 is 1.17 bits per heavy atom. The molecule has 0 bridgehead atoms. The van der Waals surface area contributed by atoms with Gasteiger partial charge in [0.15, 0.2) is 5.96 Å². The number of rotatable bonds is 3. The van der Waals surface area contributed by atoms with Crippen molar-refractivity contribution >= 4 is 5.96 Å². The van der Waals surface area contributed by atoms with E-state index in [0.29, 0.717) is 12.5 Å². The van der Waals surface area contributed by atoms with Crippen LogP contribution in [0.2, 0.25) is 0 Å². The molecule has 1 heterocycles. The third kappa shape index (κ3) is 3.23. The van der Waals surface area contributed by atoms with Crippen molar-refractivity contribution in [3.63, 3.8) is 0 Å². The fraction of sp³-hybridized carbons (Fsp3) is 0.500. The lowest BCUT2D eigenvalue weighted by Crippen LogP contribution is -2.40. The van der Waals surface area contributed by atoms with Gasteiger partial charge in [0.2, 0.25) is 0 Å². The Balaban J connectivity index is 2.00. The van der Waals surface area contributed by atoms with Crippen molar-refractivity contribution in [3.05, 3.63) is 35.4 Å². The van der Waals surface area contributed by atoms with Crippen LogP contribution < -0.4 is 5.73 Å².